The van der Waals surface area contributed by atoms with Gasteiger partial charge in [-0.05, 0) is 18.8 Å². The zero-order chi connectivity index (χ0) is 21.2. The van der Waals surface area contributed by atoms with E-state index in [0.29, 0.717) is 12.7 Å². The molecule has 3 atom stereocenters. The number of aldehydes is 1. The number of nitrogens with one attached hydrogen (secondary N) is 2. The van der Waals surface area contributed by atoms with Gasteiger partial charge in [0.1, 0.15) is 24.0 Å². The highest BCUT2D eigenvalue weighted by Gasteiger charge is 2.35. The minimum absolute atomic E-state index is 0.0366. The Morgan fingerprint density at radius 3 is 2.04 bits per heavy atom. The van der Waals surface area contributed by atoms with E-state index in [9.17, 15) is 19.2 Å². The molecule has 0 aliphatic heterocycles. The van der Waals surface area contributed by atoms with Gasteiger partial charge in [-0.25, -0.2) is 4.79 Å². The van der Waals surface area contributed by atoms with Crippen molar-refractivity contribution in [1.82, 2.24) is 10.6 Å². The highest BCUT2D eigenvalue weighted by molar-refractivity contribution is 5.83. The summed E-state index contributed by atoms with van der Waals surface area (Å²) in [6, 6.07) is -0.700. The number of carbonyl (C=O) groups is 4. The van der Waals surface area contributed by atoms with Gasteiger partial charge in [0, 0.05) is 20.3 Å². The Kier molecular flexibility index (Phi) is 10.8. The number of hydrogen-bond acceptors (Lipinski definition) is 6. The third-order valence-electron chi connectivity index (χ3n) is 4.26. The Labute approximate surface area is 161 Å². The van der Waals surface area contributed by atoms with Gasteiger partial charge in [0.25, 0.3) is 0 Å². The predicted molar refractivity (Wildman–Crippen MR) is 101 cm³/mol. The molecule has 27 heavy (non-hydrogen) atoms. The predicted octanol–water partition coefficient (Wildman–Crippen LogP) is 1.22. The van der Waals surface area contributed by atoms with Crippen molar-refractivity contribution in [3.05, 3.63) is 0 Å². The maximum absolute atomic E-state index is 12.2. The van der Waals surface area contributed by atoms with Gasteiger partial charge in [0.05, 0.1) is 13.2 Å². The van der Waals surface area contributed by atoms with Crippen LogP contribution in [0.5, 0.6) is 0 Å². The van der Waals surface area contributed by atoms with E-state index < -0.39 is 23.7 Å². The first-order chi connectivity index (χ1) is 12.4. The average Bonchev–Trinajstić information content (AvgIpc) is 2.54. The first-order valence-electron chi connectivity index (χ1n) is 9.25. The number of amides is 2. The van der Waals surface area contributed by atoms with Crippen molar-refractivity contribution >= 4 is 24.1 Å². The van der Waals surface area contributed by atoms with Gasteiger partial charge in [0.2, 0.25) is 11.8 Å². The molecule has 8 heteroatoms. The molecule has 0 aromatic heterocycles. The van der Waals surface area contributed by atoms with Crippen LogP contribution in [0.4, 0.5) is 0 Å². The summed E-state index contributed by atoms with van der Waals surface area (Å²) in [6.07, 6.45) is 0.699. The Balaban J connectivity index is 4.55. The summed E-state index contributed by atoms with van der Waals surface area (Å²) in [4.78, 5) is 46.3. The highest BCUT2D eigenvalue weighted by atomic mass is 16.5. The van der Waals surface area contributed by atoms with E-state index in [4.69, 9.17) is 9.47 Å². The van der Waals surface area contributed by atoms with E-state index in [1.807, 2.05) is 27.7 Å². The normalized spacial score (nSPS) is 15.6. The van der Waals surface area contributed by atoms with Gasteiger partial charge in [-0.15, -0.1) is 0 Å². The Bertz CT molecular complexity index is 520. The number of carbonyl (C=O) groups excluding carboxylic acids is 4. The van der Waals surface area contributed by atoms with Gasteiger partial charge in [-0.3, -0.25) is 9.59 Å². The van der Waals surface area contributed by atoms with Crippen molar-refractivity contribution in [1.29, 1.82) is 0 Å². The molecule has 2 N–H and O–H groups in total. The van der Waals surface area contributed by atoms with E-state index in [-0.39, 0.29) is 36.9 Å². The molecule has 0 saturated heterocycles. The summed E-state index contributed by atoms with van der Waals surface area (Å²) in [6.45, 7) is 12.0. The van der Waals surface area contributed by atoms with Crippen molar-refractivity contribution in [3.8, 4) is 0 Å². The van der Waals surface area contributed by atoms with Crippen LogP contribution in [0.15, 0.2) is 0 Å². The Morgan fingerprint density at radius 2 is 1.63 bits per heavy atom. The molecule has 0 fully saturated rings. The first-order valence-corrected chi connectivity index (χ1v) is 9.25. The molecular formula is C19H34N2O6. The summed E-state index contributed by atoms with van der Waals surface area (Å²) in [7, 11) is 0. The quantitative estimate of drug-likeness (QED) is 0.296. The fourth-order valence-corrected chi connectivity index (χ4v) is 2.41. The van der Waals surface area contributed by atoms with Crippen molar-refractivity contribution < 1.29 is 28.7 Å². The maximum Gasteiger partial charge on any atom is 0.329 e. The molecule has 0 bridgehead atoms. The monoisotopic (exact) mass is 386 g/mol. The lowest BCUT2D eigenvalue weighted by Gasteiger charge is -2.32. The standard InChI is InChI=1S/C19H34N2O6/c1-12(2)17(20-15(6)23)18(25)27-14(5)8-9-26-11-19(10-22,13(3)4)21-16(7)24/h10,12-14,17H,8-9,11H2,1-7H3,(H,20,23)(H,21,24). The van der Waals surface area contributed by atoms with E-state index in [1.54, 1.807) is 6.92 Å². The minimum Gasteiger partial charge on any atom is -0.461 e. The molecule has 0 aliphatic rings. The fraction of sp³-hybridized carbons (Fsp3) is 0.789. The lowest BCUT2D eigenvalue weighted by Crippen LogP contribution is -2.56. The molecular weight excluding hydrogens is 352 g/mol. The van der Waals surface area contributed by atoms with Crippen LogP contribution in [0, 0.1) is 11.8 Å². The fourth-order valence-electron chi connectivity index (χ4n) is 2.41. The number of esters is 1. The topological polar surface area (TPSA) is 111 Å². The van der Waals surface area contributed by atoms with Crippen LogP contribution in [-0.4, -0.2) is 55.0 Å². The third-order valence-corrected chi connectivity index (χ3v) is 4.26. The molecule has 0 aromatic rings. The zero-order valence-electron chi connectivity index (χ0n) is 17.5. The van der Waals surface area contributed by atoms with Crippen LogP contribution >= 0.6 is 0 Å². The van der Waals surface area contributed by atoms with Gasteiger partial charge in [-0.2, -0.15) is 0 Å². The van der Waals surface area contributed by atoms with E-state index in [2.05, 4.69) is 10.6 Å². The summed E-state index contributed by atoms with van der Waals surface area (Å²) in [5.41, 5.74) is -1.08. The van der Waals surface area contributed by atoms with Crippen molar-refractivity contribution in [2.75, 3.05) is 13.2 Å². The molecule has 8 nitrogen and oxygen atoms in total. The van der Waals surface area contributed by atoms with Gasteiger partial charge < -0.3 is 24.9 Å². The molecule has 0 aromatic carbocycles. The molecule has 156 valence electrons. The van der Waals surface area contributed by atoms with E-state index >= 15 is 0 Å². The number of hydrogen-bond donors (Lipinski definition) is 2. The second kappa shape index (κ2) is 11.7. The Hall–Kier alpha value is -1.96. The van der Waals surface area contributed by atoms with Crippen LogP contribution < -0.4 is 10.6 Å². The summed E-state index contributed by atoms with van der Waals surface area (Å²) >= 11 is 0. The molecule has 2 amide bonds. The Morgan fingerprint density at radius 1 is 1.04 bits per heavy atom. The highest BCUT2D eigenvalue weighted by Crippen LogP contribution is 2.16. The van der Waals surface area contributed by atoms with Crippen LogP contribution in [0.2, 0.25) is 0 Å². The van der Waals surface area contributed by atoms with Crippen LogP contribution in [0.3, 0.4) is 0 Å². The summed E-state index contributed by atoms with van der Waals surface area (Å²) in [5.74, 6) is -1.33. The smallest absolute Gasteiger partial charge is 0.329 e. The van der Waals surface area contributed by atoms with Crippen LogP contribution in [0.1, 0.15) is 54.9 Å². The molecule has 0 saturated carbocycles. The average molecular weight is 386 g/mol. The maximum atomic E-state index is 12.2. The second-order valence-corrected chi connectivity index (χ2v) is 7.51. The summed E-state index contributed by atoms with van der Waals surface area (Å²) in [5, 5.41) is 5.24. The van der Waals surface area contributed by atoms with Crippen LogP contribution in [0.25, 0.3) is 0 Å². The second-order valence-electron chi connectivity index (χ2n) is 7.51. The summed E-state index contributed by atoms with van der Waals surface area (Å²) < 4.78 is 10.9. The van der Waals surface area contributed by atoms with Crippen molar-refractivity contribution in [3.63, 3.8) is 0 Å². The lowest BCUT2D eigenvalue weighted by atomic mass is 9.88. The van der Waals surface area contributed by atoms with Gasteiger partial charge in [0.15, 0.2) is 0 Å². The molecule has 3 unspecified atom stereocenters. The molecule has 0 aliphatic carbocycles. The van der Waals surface area contributed by atoms with Crippen molar-refractivity contribution in [2.24, 2.45) is 11.8 Å². The van der Waals surface area contributed by atoms with E-state index in [1.165, 1.54) is 13.8 Å². The molecule has 0 radical (unpaired) electrons. The molecule has 0 heterocycles. The van der Waals surface area contributed by atoms with Crippen molar-refractivity contribution in [2.45, 2.75) is 72.6 Å². The first kappa shape index (κ1) is 25.0. The van der Waals surface area contributed by atoms with Gasteiger partial charge in [-0.1, -0.05) is 27.7 Å². The molecule has 0 rings (SSSR count). The lowest BCUT2D eigenvalue weighted by molar-refractivity contribution is -0.154. The zero-order valence-corrected chi connectivity index (χ0v) is 17.5. The van der Waals surface area contributed by atoms with Gasteiger partial charge >= 0.3 is 5.97 Å². The third kappa shape index (κ3) is 8.99. The number of rotatable bonds is 12. The SMILES string of the molecule is CC(=O)NC(C(=O)OC(C)CCOCC(C=O)(NC(C)=O)C(C)C)C(C)C. The largest absolute Gasteiger partial charge is 0.461 e. The molecule has 0 spiro atoms. The van der Waals surface area contributed by atoms with E-state index in [0.717, 1.165) is 0 Å². The number of ether oxygens (including phenoxy) is 2. The minimum atomic E-state index is -1.08. The van der Waals surface area contributed by atoms with Crippen LogP contribution in [-0.2, 0) is 28.7 Å².